The number of anilines is 1. The summed E-state index contributed by atoms with van der Waals surface area (Å²) in [4.78, 5) is 22.4. The van der Waals surface area contributed by atoms with Crippen molar-refractivity contribution < 1.29 is 32.2 Å². The number of hydrogen-bond donors (Lipinski definition) is 1. The van der Waals surface area contributed by atoms with Gasteiger partial charge in [-0.2, -0.15) is 0 Å². The van der Waals surface area contributed by atoms with E-state index in [-0.39, 0.29) is 23.2 Å². The van der Waals surface area contributed by atoms with E-state index in [1.165, 1.54) is 36.4 Å². The predicted molar refractivity (Wildman–Crippen MR) is 180 cm³/mol. The van der Waals surface area contributed by atoms with Crippen LogP contribution < -0.4 is 19.5 Å². The average Bonchev–Trinajstić information content (AvgIpc) is 3.59. The molecule has 0 radical (unpaired) electrons. The number of piperazine rings is 1. The number of benzene rings is 3. The SMILES string of the molecule is CCC(C(=O)Nc1ccc(Oc2ccnc3cc(OCCCN4CCN(C)CC4)c(OC)cc23)c(F)c1)c1nnc(-c2ccc(F)cc2)o1. The van der Waals surface area contributed by atoms with Crippen LogP contribution in [0.25, 0.3) is 22.4 Å². The van der Waals surface area contributed by atoms with Gasteiger partial charge >= 0.3 is 0 Å². The summed E-state index contributed by atoms with van der Waals surface area (Å²) in [7, 11) is 3.71. The zero-order chi connectivity index (χ0) is 34.3. The Morgan fingerprint density at radius 1 is 0.959 bits per heavy atom. The fraction of sp³-hybridized carbons (Fsp3) is 0.333. The summed E-state index contributed by atoms with van der Waals surface area (Å²) in [5.41, 5.74) is 1.35. The van der Waals surface area contributed by atoms with Gasteiger partial charge in [-0.25, -0.2) is 8.78 Å². The average molecular weight is 673 g/mol. The first-order valence-corrected chi connectivity index (χ1v) is 16.2. The quantitative estimate of drug-likeness (QED) is 0.139. The monoisotopic (exact) mass is 672 g/mol. The molecule has 0 bridgehead atoms. The lowest BCUT2D eigenvalue weighted by Gasteiger charge is -2.32. The fourth-order valence-electron chi connectivity index (χ4n) is 5.60. The molecular weight excluding hydrogens is 634 g/mol. The summed E-state index contributed by atoms with van der Waals surface area (Å²) in [5.74, 6) is -0.633. The maximum absolute atomic E-state index is 15.3. The van der Waals surface area contributed by atoms with Crippen LogP contribution in [0, 0.1) is 11.6 Å². The van der Waals surface area contributed by atoms with Crippen molar-refractivity contribution in [2.45, 2.75) is 25.7 Å². The van der Waals surface area contributed by atoms with Crippen LogP contribution in [0.1, 0.15) is 31.6 Å². The number of ether oxygens (including phenoxy) is 3. The maximum Gasteiger partial charge on any atom is 0.247 e. The first kappa shape index (κ1) is 33.7. The third-order valence-corrected chi connectivity index (χ3v) is 8.43. The molecular formula is C36H38F2N6O5. The Hall–Kier alpha value is -5.14. The van der Waals surface area contributed by atoms with Gasteiger partial charge < -0.3 is 33.7 Å². The highest BCUT2D eigenvalue weighted by Crippen LogP contribution is 2.38. The topological polar surface area (TPSA) is 115 Å². The summed E-state index contributed by atoms with van der Waals surface area (Å²) in [6.45, 7) is 7.55. The van der Waals surface area contributed by atoms with E-state index < -0.39 is 23.5 Å². The van der Waals surface area contributed by atoms with Crippen LogP contribution >= 0.6 is 0 Å². The first-order valence-electron chi connectivity index (χ1n) is 16.2. The zero-order valence-corrected chi connectivity index (χ0v) is 27.6. The number of nitrogens with one attached hydrogen (secondary N) is 1. The molecule has 13 heteroatoms. The van der Waals surface area contributed by atoms with E-state index >= 15 is 4.39 Å². The predicted octanol–water partition coefficient (Wildman–Crippen LogP) is 6.51. The van der Waals surface area contributed by atoms with Crippen LogP contribution in [-0.4, -0.2) is 84.4 Å². The molecule has 1 N–H and O–H groups in total. The van der Waals surface area contributed by atoms with Gasteiger partial charge in [0.2, 0.25) is 17.7 Å². The second-order valence-electron chi connectivity index (χ2n) is 11.8. The number of methoxy groups -OCH3 is 1. The van der Waals surface area contributed by atoms with Gasteiger partial charge in [0.05, 0.1) is 19.2 Å². The molecule has 1 unspecified atom stereocenters. The van der Waals surface area contributed by atoms with Crippen LogP contribution in [-0.2, 0) is 4.79 Å². The highest BCUT2D eigenvalue weighted by atomic mass is 19.1. The van der Waals surface area contributed by atoms with Gasteiger partial charge in [-0.05, 0) is 68.4 Å². The summed E-state index contributed by atoms with van der Waals surface area (Å²) >= 11 is 0. The number of rotatable bonds is 13. The van der Waals surface area contributed by atoms with Gasteiger partial charge in [0, 0.05) is 67.7 Å². The molecule has 3 heterocycles. The number of carbonyl (C=O) groups excluding carboxylic acids is 1. The number of likely N-dealkylation sites (N-methyl/N-ethyl adjacent to an activating group) is 1. The van der Waals surface area contributed by atoms with Crippen molar-refractivity contribution in [3.05, 3.63) is 84.4 Å². The molecule has 0 saturated carbocycles. The molecule has 1 fully saturated rings. The Balaban J connectivity index is 1.10. The summed E-state index contributed by atoms with van der Waals surface area (Å²) in [6, 6.07) is 14.9. The molecule has 5 aromatic rings. The van der Waals surface area contributed by atoms with Gasteiger partial charge in [-0.3, -0.25) is 9.78 Å². The van der Waals surface area contributed by atoms with E-state index in [1.54, 1.807) is 44.5 Å². The van der Waals surface area contributed by atoms with Crippen molar-refractivity contribution in [1.82, 2.24) is 25.0 Å². The number of pyridine rings is 1. The van der Waals surface area contributed by atoms with Crippen molar-refractivity contribution in [3.8, 4) is 34.5 Å². The Labute approximate surface area is 282 Å². The molecule has 1 aliphatic heterocycles. The first-order chi connectivity index (χ1) is 23.8. The Bertz CT molecular complexity index is 1900. The Kier molecular flexibility index (Phi) is 10.6. The van der Waals surface area contributed by atoms with E-state index in [9.17, 15) is 9.18 Å². The molecule has 3 aromatic carbocycles. The van der Waals surface area contributed by atoms with Crippen molar-refractivity contribution in [3.63, 3.8) is 0 Å². The number of hydrogen-bond acceptors (Lipinski definition) is 10. The minimum Gasteiger partial charge on any atom is -0.493 e. The minimum atomic E-state index is -0.787. The number of aromatic nitrogens is 3. The smallest absolute Gasteiger partial charge is 0.247 e. The van der Waals surface area contributed by atoms with Crippen LogP contribution in [0.2, 0.25) is 0 Å². The second kappa shape index (κ2) is 15.4. The van der Waals surface area contributed by atoms with E-state index in [4.69, 9.17) is 18.6 Å². The lowest BCUT2D eigenvalue weighted by atomic mass is 10.1. The van der Waals surface area contributed by atoms with E-state index in [2.05, 4.69) is 37.3 Å². The molecule has 1 amide bonds. The molecule has 256 valence electrons. The van der Waals surface area contributed by atoms with Crippen LogP contribution in [0.15, 0.2) is 71.3 Å². The fourth-order valence-corrected chi connectivity index (χ4v) is 5.60. The van der Waals surface area contributed by atoms with Crippen molar-refractivity contribution in [2.24, 2.45) is 0 Å². The summed E-state index contributed by atoms with van der Waals surface area (Å²) in [5, 5.41) is 11.3. The lowest BCUT2D eigenvalue weighted by molar-refractivity contribution is -0.118. The van der Waals surface area contributed by atoms with Gasteiger partial charge in [-0.15, -0.1) is 10.2 Å². The van der Waals surface area contributed by atoms with E-state index in [0.29, 0.717) is 46.7 Å². The molecule has 1 aliphatic rings. The molecule has 0 aliphatic carbocycles. The van der Waals surface area contributed by atoms with Crippen molar-refractivity contribution in [1.29, 1.82) is 0 Å². The minimum absolute atomic E-state index is 0.0402. The van der Waals surface area contributed by atoms with Crippen molar-refractivity contribution >= 4 is 22.5 Å². The number of nitrogens with zero attached hydrogens (tertiary/aromatic N) is 5. The lowest BCUT2D eigenvalue weighted by Crippen LogP contribution is -2.44. The van der Waals surface area contributed by atoms with Gasteiger partial charge in [0.15, 0.2) is 23.1 Å². The Morgan fingerprint density at radius 2 is 1.76 bits per heavy atom. The maximum atomic E-state index is 15.3. The zero-order valence-electron chi connectivity index (χ0n) is 27.6. The second-order valence-corrected chi connectivity index (χ2v) is 11.8. The van der Waals surface area contributed by atoms with Crippen LogP contribution in [0.5, 0.6) is 23.0 Å². The summed E-state index contributed by atoms with van der Waals surface area (Å²) < 4.78 is 52.0. The number of fused-ring (bicyclic) bond motifs is 1. The molecule has 49 heavy (non-hydrogen) atoms. The third-order valence-electron chi connectivity index (χ3n) is 8.43. The van der Waals surface area contributed by atoms with Gasteiger partial charge in [-0.1, -0.05) is 6.92 Å². The number of amides is 1. The molecule has 1 saturated heterocycles. The highest BCUT2D eigenvalue weighted by molar-refractivity contribution is 5.95. The number of halogens is 2. The Morgan fingerprint density at radius 3 is 2.49 bits per heavy atom. The van der Waals surface area contributed by atoms with Crippen LogP contribution in [0.3, 0.4) is 0 Å². The molecule has 2 aromatic heterocycles. The van der Waals surface area contributed by atoms with Gasteiger partial charge in [0.1, 0.15) is 17.5 Å². The van der Waals surface area contributed by atoms with E-state index in [0.717, 1.165) is 39.1 Å². The standard InChI is InChI=1S/C36H38F2N6O5/c1-4-26(36-42-41-35(49-36)23-6-8-24(37)9-7-23)34(45)40-25-10-11-31(28(38)20-25)48-30-12-13-39-29-22-33(32(46-3)21-27(29)30)47-19-5-14-44-17-15-43(2)16-18-44/h6-13,20-22,26H,4-5,14-19H2,1-3H3,(H,40,45). The normalized spacial score (nSPS) is 14.5. The van der Waals surface area contributed by atoms with Crippen molar-refractivity contribution in [2.75, 3.05) is 58.8 Å². The highest BCUT2D eigenvalue weighted by Gasteiger charge is 2.26. The third kappa shape index (κ3) is 8.12. The molecule has 6 rings (SSSR count). The van der Waals surface area contributed by atoms with Crippen LogP contribution in [0.4, 0.5) is 14.5 Å². The summed E-state index contributed by atoms with van der Waals surface area (Å²) in [6.07, 6.45) is 2.81. The van der Waals surface area contributed by atoms with Gasteiger partial charge in [0.25, 0.3) is 0 Å². The largest absolute Gasteiger partial charge is 0.493 e. The molecule has 0 spiro atoms. The molecule has 11 nitrogen and oxygen atoms in total. The number of carbonyl (C=O) groups is 1. The molecule has 1 atom stereocenters. The van der Waals surface area contributed by atoms with E-state index in [1.807, 2.05) is 0 Å².